The molecule has 0 bridgehead atoms. The van der Waals surface area contributed by atoms with Crippen LogP contribution in [0, 0.1) is 13.8 Å². The predicted octanol–water partition coefficient (Wildman–Crippen LogP) is 1.46. The minimum atomic E-state index is 1.02. The number of benzene rings is 1. The molecule has 0 unspecified atom stereocenters. The molecule has 0 saturated heterocycles. The van der Waals surface area contributed by atoms with Crippen LogP contribution in [-0.2, 0) is 0 Å². The highest BCUT2D eigenvalue weighted by atomic mass is 15.3. The zero-order chi connectivity index (χ0) is 12.5. The first-order chi connectivity index (χ1) is 8.75. The molecule has 3 rings (SSSR count). The summed E-state index contributed by atoms with van der Waals surface area (Å²) in [6.45, 7) is 4.08. The fourth-order valence-corrected chi connectivity index (χ4v) is 1.94. The number of aryl methyl sites for hydroxylation is 2. The summed E-state index contributed by atoms with van der Waals surface area (Å²) in [5, 5.41) is 8.30. The van der Waals surface area contributed by atoms with Crippen LogP contribution in [0.3, 0.4) is 0 Å². The third-order valence-corrected chi connectivity index (χ3v) is 2.85. The van der Waals surface area contributed by atoms with Gasteiger partial charge in [-0.2, -0.15) is 10.2 Å². The van der Waals surface area contributed by atoms with Crippen molar-refractivity contribution >= 4 is 0 Å². The lowest BCUT2D eigenvalue weighted by molar-refractivity contribution is 0.849. The van der Waals surface area contributed by atoms with Gasteiger partial charge in [0.2, 0.25) is 0 Å². The monoisotopic (exact) mass is 240 g/mol. The molecule has 0 aliphatic rings. The van der Waals surface area contributed by atoms with E-state index in [0.717, 1.165) is 22.5 Å². The molecule has 2 heterocycles. The summed E-state index contributed by atoms with van der Waals surface area (Å²) in [5.74, 6) is 0. The summed E-state index contributed by atoms with van der Waals surface area (Å²) in [4.78, 5) is 7.93. The smallest absolute Gasteiger partial charge is 0.138 e. The Morgan fingerprint density at radius 2 is 1.22 bits per heavy atom. The van der Waals surface area contributed by atoms with Crippen LogP contribution >= 0.6 is 0 Å². The maximum Gasteiger partial charge on any atom is 0.138 e. The van der Waals surface area contributed by atoms with Crippen molar-refractivity contribution < 1.29 is 0 Å². The number of hydrogen-bond donors (Lipinski definition) is 0. The SMILES string of the molecule is Cc1cc(-n2cncn2)c(C)cc1-n1cncn1. The average Bonchev–Trinajstić information content (AvgIpc) is 3.02. The molecule has 90 valence electrons. The molecular formula is C12H12N6. The van der Waals surface area contributed by atoms with Gasteiger partial charge in [-0.1, -0.05) is 0 Å². The minimum absolute atomic E-state index is 1.02. The van der Waals surface area contributed by atoms with Crippen molar-refractivity contribution in [3.63, 3.8) is 0 Å². The summed E-state index contributed by atoms with van der Waals surface area (Å²) in [6.07, 6.45) is 6.44. The second kappa shape index (κ2) is 4.06. The molecular weight excluding hydrogens is 228 g/mol. The van der Waals surface area contributed by atoms with Gasteiger partial charge >= 0.3 is 0 Å². The van der Waals surface area contributed by atoms with Crippen molar-refractivity contribution in [2.75, 3.05) is 0 Å². The van der Waals surface area contributed by atoms with Gasteiger partial charge in [0.25, 0.3) is 0 Å². The maximum absolute atomic E-state index is 4.15. The molecule has 0 saturated carbocycles. The van der Waals surface area contributed by atoms with Gasteiger partial charge in [0, 0.05) is 0 Å². The number of aromatic nitrogens is 6. The molecule has 0 aliphatic carbocycles. The molecule has 6 heteroatoms. The van der Waals surface area contributed by atoms with E-state index in [2.05, 4.69) is 32.3 Å². The van der Waals surface area contributed by atoms with Crippen LogP contribution < -0.4 is 0 Å². The van der Waals surface area contributed by atoms with Gasteiger partial charge in [-0.15, -0.1) is 0 Å². The molecule has 0 aliphatic heterocycles. The van der Waals surface area contributed by atoms with Crippen molar-refractivity contribution in [1.82, 2.24) is 29.5 Å². The van der Waals surface area contributed by atoms with Crippen molar-refractivity contribution in [2.24, 2.45) is 0 Å². The summed E-state index contributed by atoms with van der Waals surface area (Å²) in [5.41, 5.74) is 4.26. The molecule has 3 aromatic rings. The van der Waals surface area contributed by atoms with Gasteiger partial charge in [0.15, 0.2) is 0 Å². The first-order valence-corrected chi connectivity index (χ1v) is 5.57. The first-order valence-electron chi connectivity index (χ1n) is 5.57. The van der Waals surface area contributed by atoms with Gasteiger partial charge in [0.1, 0.15) is 25.3 Å². The van der Waals surface area contributed by atoms with Crippen molar-refractivity contribution in [3.05, 3.63) is 48.6 Å². The lowest BCUT2D eigenvalue weighted by Crippen LogP contribution is -2.03. The molecule has 6 nitrogen and oxygen atoms in total. The van der Waals surface area contributed by atoms with Gasteiger partial charge < -0.3 is 0 Å². The second-order valence-corrected chi connectivity index (χ2v) is 4.11. The second-order valence-electron chi connectivity index (χ2n) is 4.11. The minimum Gasteiger partial charge on any atom is -0.223 e. The van der Waals surface area contributed by atoms with Crippen LogP contribution in [0.15, 0.2) is 37.4 Å². The molecule has 1 aromatic carbocycles. The largest absolute Gasteiger partial charge is 0.223 e. The maximum atomic E-state index is 4.15. The van der Waals surface area contributed by atoms with E-state index in [1.165, 1.54) is 12.7 Å². The third kappa shape index (κ3) is 1.67. The van der Waals surface area contributed by atoms with Gasteiger partial charge in [-0.05, 0) is 37.1 Å². The molecule has 0 fully saturated rings. The van der Waals surface area contributed by atoms with Crippen LogP contribution in [0.25, 0.3) is 11.4 Å². The Hall–Kier alpha value is -2.50. The van der Waals surface area contributed by atoms with E-state index in [-0.39, 0.29) is 0 Å². The van der Waals surface area contributed by atoms with E-state index in [0.29, 0.717) is 0 Å². The van der Waals surface area contributed by atoms with E-state index in [1.54, 1.807) is 22.0 Å². The van der Waals surface area contributed by atoms with E-state index < -0.39 is 0 Å². The fraction of sp³-hybridized carbons (Fsp3) is 0.167. The normalized spacial score (nSPS) is 10.8. The Bertz CT molecular complexity index is 594. The Morgan fingerprint density at radius 3 is 1.56 bits per heavy atom. The van der Waals surface area contributed by atoms with Crippen LogP contribution in [0.2, 0.25) is 0 Å². The van der Waals surface area contributed by atoms with Gasteiger partial charge in [-0.3, -0.25) is 0 Å². The topological polar surface area (TPSA) is 61.4 Å². The van der Waals surface area contributed by atoms with Crippen LogP contribution in [0.5, 0.6) is 0 Å². The highest BCUT2D eigenvalue weighted by Crippen LogP contribution is 2.21. The van der Waals surface area contributed by atoms with Crippen molar-refractivity contribution in [2.45, 2.75) is 13.8 Å². The number of hydrogen-bond acceptors (Lipinski definition) is 4. The van der Waals surface area contributed by atoms with Crippen LogP contribution in [0.4, 0.5) is 0 Å². The average molecular weight is 240 g/mol. The molecule has 2 aromatic heterocycles. The third-order valence-electron chi connectivity index (χ3n) is 2.85. The summed E-state index contributed by atoms with van der Waals surface area (Å²) < 4.78 is 3.51. The van der Waals surface area contributed by atoms with E-state index >= 15 is 0 Å². The zero-order valence-electron chi connectivity index (χ0n) is 10.1. The first kappa shape index (κ1) is 10.6. The quantitative estimate of drug-likeness (QED) is 0.680. The molecule has 0 atom stereocenters. The highest BCUT2D eigenvalue weighted by molar-refractivity contribution is 5.52. The van der Waals surface area contributed by atoms with Crippen LogP contribution in [-0.4, -0.2) is 29.5 Å². The predicted molar refractivity (Wildman–Crippen MR) is 65.8 cm³/mol. The number of rotatable bonds is 2. The molecule has 0 radical (unpaired) electrons. The standard InChI is InChI=1S/C12H12N6/c1-9-3-12(18-8-14-6-16-18)10(2)4-11(9)17-7-13-5-15-17/h3-8H,1-2H3. The summed E-state index contributed by atoms with van der Waals surface area (Å²) >= 11 is 0. The van der Waals surface area contributed by atoms with E-state index in [9.17, 15) is 0 Å². The Morgan fingerprint density at radius 1 is 0.778 bits per heavy atom. The zero-order valence-corrected chi connectivity index (χ0v) is 10.1. The lowest BCUT2D eigenvalue weighted by Gasteiger charge is -2.11. The Labute approximate surface area is 104 Å². The number of nitrogens with zero attached hydrogens (tertiary/aromatic N) is 6. The van der Waals surface area contributed by atoms with E-state index in [4.69, 9.17) is 0 Å². The molecule has 18 heavy (non-hydrogen) atoms. The fourth-order valence-electron chi connectivity index (χ4n) is 1.94. The van der Waals surface area contributed by atoms with E-state index in [1.807, 2.05) is 13.8 Å². The van der Waals surface area contributed by atoms with Crippen molar-refractivity contribution in [3.8, 4) is 11.4 Å². The van der Waals surface area contributed by atoms with Gasteiger partial charge in [-0.25, -0.2) is 19.3 Å². The van der Waals surface area contributed by atoms with Crippen LogP contribution in [0.1, 0.15) is 11.1 Å². The lowest BCUT2D eigenvalue weighted by atomic mass is 10.1. The highest BCUT2D eigenvalue weighted by Gasteiger charge is 2.08. The Kier molecular flexibility index (Phi) is 2.40. The Balaban J connectivity index is 2.15. The van der Waals surface area contributed by atoms with Gasteiger partial charge in [0.05, 0.1) is 11.4 Å². The van der Waals surface area contributed by atoms with Crippen molar-refractivity contribution in [1.29, 1.82) is 0 Å². The molecule has 0 amide bonds. The molecule has 0 spiro atoms. The summed E-state index contributed by atoms with van der Waals surface area (Å²) in [6, 6.07) is 4.14. The molecule has 0 N–H and O–H groups in total. The summed E-state index contributed by atoms with van der Waals surface area (Å²) in [7, 11) is 0.